The number of aromatic nitrogens is 3. The fourth-order valence-corrected chi connectivity index (χ4v) is 2.70. The second-order valence-corrected chi connectivity index (χ2v) is 6.60. The highest BCUT2D eigenvalue weighted by molar-refractivity contribution is 5.91. The predicted molar refractivity (Wildman–Crippen MR) is 113 cm³/mol. The van der Waals surface area contributed by atoms with E-state index in [2.05, 4.69) is 15.5 Å². The summed E-state index contributed by atoms with van der Waals surface area (Å²) < 4.78 is 13.0. The fraction of sp³-hybridized carbons (Fsp3) is 0.0870. The molecule has 150 valence electrons. The van der Waals surface area contributed by atoms with Gasteiger partial charge in [-0.05, 0) is 61.5 Å². The molecule has 1 N–H and O–H groups in total. The van der Waals surface area contributed by atoms with Crippen molar-refractivity contribution in [3.8, 4) is 23.2 Å². The van der Waals surface area contributed by atoms with Gasteiger partial charge in [0.15, 0.2) is 12.4 Å². The average Bonchev–Trinajstić information content (AvgIpc) is 3.30. The van der Waals surface area contributed by atoms with Crippen molar-refractivity contribution in [3.05, 3.63) is 90.8 Å². The summed E-state index contributed by atoms with van der Waals surface area (Å²) in [6, 6.07) is 21.9. The average molecular weight is 400 g/mol. The molecule has 2 heterocycles. The normalized spacial score (nSPS) is 10.4. The van der Waals surface area contributed by atoms with Gasteiger partial charge in [-0.25, -0.2) is 0 Å². The van der Waals surface area contributed by atoms with E-state index in [0.29, 0.717) is 28.9 Å². The lowest BCUT2D eigenvalue weighted by atomic mass is 10.2. The summed E-state index contributed by atoms with van der Waals surface area (Å²) in [4.78, 5) is 12.1. The molecule has 0 aliphatic heterocycles. The fourth-order valence-electron chi connectivity index (χ4n) is 2.70. The van der Waals surface area contributed by atoms with E-state index in [1.54, 1.807) is 30.3 Å². The zero-order chi connectivity index (χ0) is 20.8. The Hall–Kier alpha value is -4.13. The van der Waals surface area contributed by atoms with E-state index < -0.39 is 0 Å². The molecule has 30 heavy (non-hydrogen) atoms. The third-order valence-electron chi connectivity index (χ3n) is 4.25. The Labute approximate surface area is 173 Å². The molecule has 0 atom stereocenters. The molecule has 0 spiro atoms. The molecule has 0 radical (unpaired) electrons. The number of ether oxygens (including phenoxy) is 2. The minimum absolute atomic E-state index is 0.0648. The Bertz CT molecular complexity index is 1090. The number of anilines is 1. The summed E-state index contributed by atoms with van der Waals surface area (Å²) in [5, 5.41) is 11.0. The Morgan fingerprint density at radius 2 is 1.60 bits per heavy atom. The molecule has 7 heteroatoms. The van der Waals surface area contributed by atoms with Gasteiger partial charge in [0.1, 0.15) is 11.5 Å². The Morgan fingerprint density at radius 1 is 0.900 bits per heavy atom. The number of aryl methyl sites for hydroxylation is 1. The van der Waals surface area contributed by atoms with Crippen molar-refractivity contribution in [1.82, 2.24) is 14.8 Å². The predicted octanol–water partition coefficient (Wildman–Crippen LogP) is 4.39. The zero-order valence-corrected chi connectivity index (χ0v) is 16.4. The summed E-state index contributed by atoms with van der Waals surface area (Å²) >= 11 is 0. The number of carbonyl (C=O) groups is 1. The minimum atomic E-state index is -0.240. The lowest BCUT2D eigenvalue weighted by Crippen LogP contribution is -2.20. The van der Waals surface area contributed by atoms with Crippen molar-refractivity contribution < 1.29 is 14.3 Å². The molecule has 0 aliphatic carbocycles. The number of nitrogens with one attached hydrogen (secondary N) is 1. The second kappa shape index (κ2) is 8.91. The second-order valence-electron chi connectivity index (χ2n) is 6.60. The van der Waals surface area contributed by atoms with Crippen molar-refractivity contribution in [2.45, 2.75) is 6.92 Å². The SMILES string of the molecule is Cc1ccc(OCC(=O)Nc2ccc(Oc3ccc(-n4cccc4)nn3)cc2)cc1. The third-order valence-corrected chi connectivity index (χ3v) is 4.25. The molecule has 4 rings (SSSR count). The van der Waals surface area contributed by atoms with Gasteiger partial charge in [0.05, 0.1) is 0 Å². The Balaban J connectivity index is 1.29. The maximum atomic E-state index is 12.1. The van der Waals surface area contributed by atoms with Gasteiger partial charge < -0.3 is 19.4 Å². The Kier molecular flexibility index (Phi) is 5.70. The first-order chi connectivity index (χ1) is 14.7. The smallest absolute Gasteiger partial charge is 0.262 e. The van der Waals surface area contributed by atoms with Crippen molar-refractivity contribution >= 4 is 11.6 Å². The van der Waals surface area contributed by atoms with Crippen LogP contribution < -0.4 is 14.8 Å². The van der Waals surface area contributed by atoms with Gasteiger partial charge in [-0.3, -0.25) is 4.79 Å². The van der Waals surface area contributed by atoms with Crippen LogP contribution in [0.25, 0.3) is 5.82 Å². The van der Waals surface area contributed by atoms with Gasteiger partial charge in [-0.2, -0.15) is 0 Å². The largest absolute Gasteiger partial charge is 0.484 e. The summed E-state index contributed by atoms with van der Waals surface area (Å²) in [5.41, 5.74) is 1.78. The van der Waals surface area contributed by atoms with E-state index in [-0.39, 0.29) is 12.5 Å². The molecule has 0 fully saturated rings. The van der Waals surface area contributed by atoms with Crippen molar-refractivity contribution in [2.75, 3.05) is 11.9 Å². The first-order valence-corrected chi connectivity index (χ1v) is 9.40. The molecule has 0 saturated heterocycles. The number of carbonyl (C=O) groups excluding carboxylic acids is 1. The lowest BCUT2D eigenvalue weighted by Gasteiger charge is -2.09. The third kappa shape index (κ3) is 5.02. The number of hydrogen-bond donors (Lipinski definition) is 1. The molecule has 0 unspecified atom stereocenters. The lowest BCUT2D eigenvalue weighted by molar-refractivity contribution is -0.118. The molecular formula is C23H20N4O3. The van der Waals surface area contributed by atoms with Crippen LogP contribution in [0.5, 0.6) is 17.4 Å². The molecule has 1 amide bonds. The van der Waals surface area contributed by atoms with Crippen LogP contribution in [0, 0.1) is 6.92 Å². The van der Waals surface area contributed by atoms with Gasteiger partial charge in [0, 0.05) is 24.1 Å². The first kappa shape index (κ1) is 19.2. The molecule has 4 aromatic rings. The molecule has 2 aromatic heterocycles. The standard InChI is InChI=1S/C23H20N4O3/c1-17-4-8-19(9-5-17)29-16-22(28)24-18-6-10-20(11-7-18)30-23-13-12-21(25-26-23)27-14-2-3-15-27/h2-15H,16H2,1H3,(H,24,28). The maximum absolute atomic E-state index is 12.1. The highest BCUT2D eigenvalue weighted by Crippen LogP contribution is 2.21. The molecule has 0 saturated carbocycles. The Morgan fingerprint density at radius 3 is 2.27 bits per heavy atom. The number of hydrogen-bond acceptors (Lipinski definition) is 5. The van der Waals surface area contributed by atoms with Crippen LogP contribution in [0.1, 0.15) is 5.56 Å². The number of benzene rings is 2. The quantitative estimate of drug-likeness (QED) is 0.498. The highest BCUT2D eigenvalue weighted by Gasteiger charge is 2.06. The number of nitrogens with zero attached hydrogens (tertiary/aromatic N) is 3. The van der Waals surface area contributed by atoms with Gasteiger partial charge >= 0.3 is 0 Å². The van der Waals surface area contributed by atoms with E-state index in [1.807, 2.05) is 66.3 Å². The molecule has 0 bridgehead atoms. The van der Waals surface area contributed by atoms with Gasteiger partial charge in [0.2, 0.25) is 5.88 Å². The van der Waals surface area contributed by atoms with Crippen LogP contribution >= 0.6 is 0 Å². The maximum Gasteiger partial charge on any atom is 0.262 e. The van der Waals surface area contributed by atoms with E-state index >= 15 is 0 Å². The number of rotatable bonds is 7. The topological polar surface area (TPSA) is 78.3 Å². The van der Waals surface area contributed by atoms with E-state index in [1.165, 1.54) is 0 Å². The van der Waals surface area contributed by atoms with E-state index in [0.717, 1.165) is 5.56 Å². The molecular weight excluding hydrogens is 380 g/mol. The minimum Gasteiger partial charge on any atom is -0.484 e. The van der Waals surface area contributed by atoms with Crippen LogP contribution in [-0.4, -0.2) is 27.3 Å². The van der Waals surface area contributed by atoms with Crippen molar-refractivity contribution in [2.24, 2.45) is 0 Å². The van der Waals surface area contributed by atoms with Crippen LogP contribution in [0.4, 0.5) is 5.69 Å². The van der Waals surface area contributed by atoms with Crippen molar-refractivity contribution in [1.29, 1.82) is 0 Å². The summed E-state index contributed by atoms with van der Waals surface area (Å²) in [6.45, 7) is 1.93. The highest BCUT2D eigenvalue weighted by atomic mass is 16.5. The van der Waals surface area contributed by atoms with Gasteiger partial charge in [-0.1, -0.05) is 17.7 Å². The van der Waals surface area contributed by atoms with Crippen LogP contribution in [0.15, 0.2) is 85.2 Å². The van der Waals surface area contributed by atoms with Crippen molar-refractivity contribution in [3.63, 3.8) is 0 Å². The van der Waals surface area contributed by atoms with Crippen LogP contribution in [0.2, 0.25) is 0 Å². The van der Waals surface area contributed by atoms with Crippen LogP contribution in [-0.2, 0) is 4.79 Å². The van der Waals surface area contributed by atoms with E-state index in [4.69, 9.17) is 9.47 Å². The van der Waals surface area contributed by atoms with Gasteiger partial charge in [-0.15, -0.1) is 10.2 Å². The molecule has 7 nitrogen and oxygen atoms in total. The van der Waals surface area contributed by atoms with Crippen LogP contribution in [0.3, 0.4) is 0 Å². The summed E-state index contributed by atoms with van der Waals surface area (Å²) in [7, 11) is 0. The number of amides is 1. The molecule has 2 aromatic carbocycles. The van der Waals surface area contributed by atoms with E-state index in [9.17, 15) is 4.79 Å². The summed E-state index contributed by atoms with van der Waals surface area (Å²) in [6.07, 6.45) is 3.78. The summed E-state index contributed by atoms with van der Waals surface area (Å²) in [5.74, 6) is 2.10. The molecule has 0 aliphatic rings. The first-order valence-electron chi connectivity index (χ1n) is 9.40. The monoisotopic (exact) mass is 400 g/mol. The van der Waals surface area contributed by atoms with Gasteiger partial charge in [0.25, 0.3) is 5.91 Å². The zero-order valence-electron chi connectivity index (χ0n) is 16.4.